The Morgan fingerprint density at radius 3 is 1.56 bits per heavy atom. The zero-order valence-corrected chi connectivity index (χ0v) is 57.6. The number of aliphatic hydroxyl groups excluding tert-OH is 3. The molecular formula is C64H99N19O18. The number of rotatable bonds is 45. The Kier molecular flexibility index (Phi) is 36.3. The van der Waals surface area contributed by atoms with Gasteiger partial charge in [0.1, 0.15) is 60.4 Å². The molecule has 0 aliphatic rings. The van der Waals surface area contributed by atoms with Crippen LogP contribution in [-0.2, 0) is 80.0 Å². The molecule has 0 radical (unpaired) electrons. The van der Waals surface area contributed by atoms with Crippen molar-refractivity contribution in [3.05, 3.63) is 66.2 Å². The number of carboxylic acid groups (broad SMARTS) is 1. The van der Waals surface area contributed by atoms with Gasteiger partial charge in [-0.15, -0.1) is 0 Å². The number of carbonyl (C=O) groups excluding carboxylic acids is 13. The highest BCUT2D eigenvalue weighted by Gasteiger charge is 2.36. The number of nitrogens with one attached hydrogen (secondary N) is 13. The summed E-state index contributed by atoms with van der Waals surface area (Å²) in [5.74, 6) is -15.8. The van der Waals surface area contributed by atoms with Crippen LogP contribution in [0.4, 0.5) is 0 Å². The van der Waals surface area contributed by atoms with Crippen LogP contribution in [0.25, 0.3) is 10.8 Å². The number of aliphatic carboxylic acids is 1. The maximum Gasteiger partial charge on any atom is 0.326 e. The molecule has 101 heavy (non-hydrogen) atoms. The number of fused-ring (bicyclic) bond motifs is 1. The average Bonchev–Trinajstić information content (AvgIpc) is 0.877. The molecule has 558 valence electrons. The zero-order valence-electron chi connectivity index (χ0n) is 57.6. The van der Waals surface area contributed by atoms with Crippen LogP contribution in [0.1, 0.15) is 105 Å². The van der Waals surface area contributed by atoms with Crippen LogP contribution < -0.4 is 86.7 Å². The van der Waals surface area contributed by atoms with Gasteiger partial charge in [-0.05, 0) is 66.7 Å². The van der Waals surface area contributed by atoms with Crippen molar-refractivity contribution in [1.82, 2.24) is 73.8 Å². The third kappa shape index (κ3) is 29.1. The summed E-state index contributed by atoms with van der Waals surface area (Å²) in [5, 5.41) is 71.1. The van der Waals surface area contributed by atoms with Crippen molar-refractivity contribution < 1.29 is 87.5 Å². The Labute approximate surface area is 583 Å². The summed E-state index contributed by atoms with van der Waals surface area (Å²) in [5.41, 5.74) is 23.4. The van der Waals surface area contributed by atoms with E-state index < -0.39 is 207 Å². The normalized spacial score (nSPS) is 15.0. The van der Waals surface area contributed by atoms with Crippen LogP contribution in [0.2, 0.25) is 0 Å². The van der Waals surface area contributed by atoms with Gasteiger partial charge in [0.15, 0.2) is 5.96 Å². The number of guanidine groups is 1. The van der Waals surface area contributed by atoms with Gasteiger partial charge in [-0.3, -0.25) is 67.3 Å². The highest BCUT2D eigenvalue weighted by atomic mass is 16.4. The number of amides is 13. The summed E-state index contributed by atoms with van der Waals surface area (Å²) in [6.07, 6.45) is 2.26. The summed E-state index contributed by atoms with van der Waals surface area (Å²) >= 11 is 0. The van der Waals surface area contributed by atoms with E-state index >= 15 is 0 Å². The van der Waals surface area contributed by atoms with Gasteiger partial charge in [-0.1, -0.05) is 96.8 Å². The molecule has 37 heteroatoms. The molecule has 0 aliphatic heterocycles. The number of aromatic amines is 1. The van der Waals surface area contributed by atoms with Gasteiger partial charge in [0, 0.05) is 37.7 Å². The number of imidazole rings is 1. The van der Waals surface area contributed by atoms with Crippen LogP contribution in [0.15, 0.2) is 60.0 Å². The number of aromatic nitrogens is 2. The Balaban J connectivity index is 1.73. The molecule has 0 saturated carbocycles. The Bertz CT molecular complexity index is 3350. The van der Waals surface area contributed by atoms with E-state index in [-0.39, 0.29) is 63.4 Å². The third-order valence-corrected chi connectivity index (χ3v) is 16.1. The van der Waals surface area contributed by atoms with E-state index in [9.17, 15) is 87.5 Å². The Morgan fingerprint density at radius 2 is 1.02 bits per heavy atom. The zero-order chi connectivity index (χ0) is 75.6. The molecule has 3 rings (SSSR count). The number of aliphatic hydroxyl groups is 3. The number of hydrogen-bond acceptors (Lipinski definition) is 20. The second kappa shape index (κ2) is 43.2. The molecule has 1 heterocycles. The predicted octanol–water partition coefficient (Wildman–Crippen LogP) is -6.71. The number of H-pyrrole nitrogens is 1. The van der Waals surface area contributed by atoms with E-state index in [4.69, 9.17) is 22.9 Å². The predicted molar refractivity (Wildman–Crippen MR) is 365 cm³/mol. The molecule has 0 saturated heterocycles. The van der Waals surface area contributed by atoms with Crippen LogP contribution in [-0.4, -0.2) is 225 Å². The summed E-state index contributed by atoms with van der Waals surface area (Å²) in [4.78, 5) is 198. The minimum Gasteiger partial charge on any atom is -0.480 e. The first kappa shape index (κ1) is 84.8. The average molecular weight is 1420 g/mol. The minimum absolute atomic E-state index is 0.0112. The van der Waals surface area contributed by atoms with E-state index in [1.165, 1.54) is 19.4 Å². The highest BCUT2D eigenvalue weighted by Crippen LogP contribution is 2.21. The Hall–Kier alpha value is -10.4. The number of nitrogens with zero attached hydrogens (tertiary/aromatic N) is 2. The fraction of sp³-hybridized carbons (Fsp3) is 0.562. The van der Waals surface area contributed by atoms with Crippen LogP contribution >= 0.6 is 0 Å². The summed E-state index contributed by atoms with van der Waals surface area (Å²) in [7, 11) is 0. The maximum atomic E-state index is 14.2. The smallest absolute Gasteiger partial charge is 0.326 e. The summed E-state index contributed by atoms with van der Waals surface area (Å²) in [6.45, 7) is 6.45. The molecule has 13 atom stereocenters. The number of carbonyl (C=O) groups is 14. The van der Waals surface area contributed by atoms with E-state index in [0.29, 0.717) is 11.3 Å². The van der Waals surface area contributed by atoms with Crippen molar-refractivity contribution in [3.63, 3.8) is 0 Å². The molecule has 0 bridgehead atoms. The first-order chi connectivity index (χ1) is 47.8. The topological polar surface area (TPSA) is 609 Å². The second-order valence-corrected chi connectivity index (χ2v) is 24.7. The SMILES string of the molecule is CC[C@H](C)[C@H](NC(=O)CNC(=O)[C@H](CCC(N)=O)NC(=O)[C@H](CO)NC(=O)[C@H](C)NC(=O)[C@@H](N)Cc1cnc[nH]1)C(=O)N[C@@H](CCCN=C(N)N)C(=O)N[C@@H](CO)C(=O)N[C@@H](CO)C(=O)N[C@H](C(=O)NCC(=O)N[C@@H](Cc1cccc2ccccc12)C(=O)N[C@@H](CC(C)C)C(=O)O)[C@@H](C)CC. The number of hydrogen-bond donors (Lipinski definition) is 21. The quantitative estimate of drug-likeness (QED) is 0.0142. The molecule has 2 aromatic carbocycles. The van der Waals surface area contributed by atoms with Gasteiger partial charge >= 0.3 is 5.97 Å². The van der Waals surface area contributed by atoms with Gasteiger partial charge in [-0.25, -0.2) is 9.78 Å². The van der Waals surface area contributed by atoms with Crippen molar-refractivity contribution in [1.29, 1.82) is 0 Å². The molecular weight excluding hydrogens is 1320 g/mol. The van der Waals surface area contributed by atoms with Crippen molar-refractivity contribution in [2.75, 3.05) is 39.5 Å². The van der Waals surface area contributed by atoms with Gasteiger partial charge in [-0.2, -0.15) is 0 Å². The largest absolute Gasteiger partial charge is 0.480 e. The van der Waals surface area contributed by atoms with Crippen LogP contribution in [0.3, 0.4) is 0 Å². The standard InChI is InChI=1S/C64H99N19O18/c1-8-33(5)51(61(98)72-26-49(88)75-43(57(94)78-44(63(100)101)22-32(3)4)23-37-16-12-15-36-14-10-11-17-39(36)37)83-60(97)47(30-86)81-59(96)46(29-85)80-56(93)41(18-13-21-70-64(67)68)77-62(99)52(34(6)9-2)82-50(89)27-71-55(92)42(19-20-48(66)87)76-58(95)45(28-84)79-53(90)35(7)74-54(91)40(65)24-38-25-69-31-73-38/h10-12,14-17,25,31-35,40-47,51-52,84-86H,8-9,13,18-24,26-30,65H2,1-7H3,(H2,66,87)(H,69,73)(H,71,92)(H,72,98)(H,74,91)(H,75,88)(H,76,95)(H,77,99)(H,78,94)(H,79,90)(H,80,93)(H,81,96)(H,82,89)(H,83,97)(H,100,101)(H4,67,68,70)/t33-,34-,35-,40-,41-,42-,43-,44-,45-,46-,47-,51-,52-/m0/s1. The molecule has 0 aliphatic carbocycles. The fourth-order valence-electron chi connectivity index (χ4n) is 9.96. The molecule has 13 amide bonds. The fourth-order valence-corrected chi connectivity index (χ4v) is 9.96. The summed E-state index contributed by atoms with van der Waals surface area (Å²) in [6, 6.07) is -3.80. The van der Waals surface area contributed by atoms with Crippen LogP contribution in [0, 0.1) is 17.8 Å². The van der Waals surface area contributed by atoms with E-state index in [2.05, 4.69) is 78.8 Å². The van der Waals surface area contributed by atoms with Crippen molar-refractivity contribution in [2.45, 2.75) is 173 Å². The van der Waals surface area contributed by atoms with E-state index in [1.54, 1.807) is 59.7 Å². The molecule has 25 N–H and O–H groups in total. The lowest BCUT2D eigenvalue weighted by Gasteiger charge is -2.28. The second-order valence-electron chi connectivity index (χ2n) is 24.7. The number of carboxylic acids is 1. The van der Waals surface area contributed by atoms with E-state index in [1.807, 2.05) is 24.3 Å². The first-order valence-corrected chi connectivity index (χ1v) is 32.9. The third-order valence-electron chi connectivity index (χ3n) is 16.1. The maximum absolute atomic E-state index is 14.2. The van der Waals surface area contributed by atoms with Crippen molar-refractivity contribution in [3.8, 4) is 0 Å². The minimum atomic E-state index is -1.88. The number of primary amides is 1. The van der Waals surface area contributed by atoms with Gasteiger partial charge in [0.05, 0.1) is 45.3 Å². The van der Waals surface area contributed by atoms with Crippen LogP contribution in [0.5, 0.6) is 0 Å². The lowest BCUT2D eigenvalue weighted by atomic mass is 9.97. The molecule has 0 unspecified atom stereocenters. The Morgan fingerprint density at radius 1 is 0.525 bits per heavy atom. The highest BCUT2D eigenvalue weighted by molar-refractivity contribution is 5.99. The van der Waals surface area contributed by atoms with Crippen molar-refractivity contribution >= 4 is 99.5 Å². The van der Waals surface area contributed by atoms with Crippen molar-refractivity contribution in [2.24, 2.45) is 45.7 Å². The molecule has 1 aromatic heterocycles. The number of nitrogens with two attached hydrogens (primary N) is 4. The molecule has 0 spiro atoms. The lowest BCUT2D eigenvalue weighted by molar-refractivity contribution is -0.142. The molecule has 0 fully saturated rings. The lowest BCUT2D eigenvalue weighted by Crippen LogP contribution is -2.61. The molecule has 37 nitrogen and oxygen atoms in total. The van der Waals surface area contributed by atoms with Gasteiger partial charge in [0.2, 0.25) is 76.8 Å². The number of benzene rings is 2. The van der Waals surface area contributed by atoms with Gasteiger partial charge in [0.25, 0.3) is 0 Å². The first-order valence-electron chi connectivity index (χ1n) is 32.9. The summed E-state index contributed by atoms with van der Waals surface area (Å²) < 4.78 is 0. The monoisotopic (exact) mass is 1420 g/mol. The number of aliphatic imine (C=N–C) groups is 1. The van der Waals surface area contributed by atoms with Gasteiger partial charge < -0.3 is 112 Å². The molecule has 3 aromatic rings. The van der Waals surface area contributed by atoms with E-state index in [0.717, 1.165) is 10.8 Å².